The average molecular weight is 291 g/mol. The molecule has 4 nitrogen and oxygen atoms in total. The number of anilines is 1. The first-order valence-electron chi connectivity index (χ1n) is 7.11. The third kappa shape index (κ3) is 2.86. The molecule has 0 aliphatic carbocycles. The molecule has 1 aliphatic rings. The number of fused-ring (bicyclic) bond motifs is 1. The summed E-state index contributed by atoms with van der Waals surface area (Å²) in [7, 11) is 2.03. The molecular formula is C15H19ClN4. The van der Waals surface area contributed by atoms with Crippen LogP contribution in [0.15, 0.2) is 24.3 Å². The predicted octanol–water partition coefficient (Wildman–Crippen LogP) is 2.86. The van der Waals surface area contributed by atoms with Crippen molar-refractivity contribution in [2.24, 2.45) is 0 Å². The summed E-state index contributed by atoms with van der Waals surface area (Å²) in [6.07, 6.45) is 3.78. The fourth-order valence-electron chi connectivity index (χ4n) is 2.71. The lowest BCUT2D eigenvalue weighted by molar-refractivity contribution is 0.403. The van der Waals surface area contributed by atoms with E-state index in [0.29, 0.717) is 11.2 Å². The van der Waals surface area contributed by atoms with Crippen LogP contribution in [0.5, 0.6) is 0 Å². The predicted molar refractivity (Wildman–Crippen MR) is 83.5 cm³/mol. The van der Waals surface area contributed by atoms with Crippen molar-refractivity contribution in [1.29, 1.82) is 0 Å². The second-order valence-electron chi connectivity index (χ2n) is 5.35. The Morgan fingerprint density at radius 3 is 2.70 bits per heavy atom. The van der Waals surface area contributed by atoms with Crippen molar-refractivity contribution in [1.82, 2.24) is 15.3 Å². The van der Waals surface area contributed by atoms with Crippen molar-refractivity contribution in [2.45, 2.75) is 25.3 Å². The van der Waals surface area contributed by atoms with Crippen LogP contribution < -0.4 is 10.2 Å². The average Bonchev–Trinajstić information content (AvgIpc) is 2.47. The van der Waals surface area contributed by atoms with Gasteiger partial charge in [-0.1, -0.05) is 30.2 Å². The molecule has 1 aromatic heterocycles. The quantitative estimate of drug-likeness (QED) is 0.944. The number of rotatable bonds is 3. The van der Waals surface area contributed by atoms with Crippen LogP contribution >= 0.6 is 11.6 Å². The van der Waals surface area contributed by atoms with E-state index in [1.807, 2.05) is 31.3 Å². The summed E-state index contributed by atoms with van der Waals surface area (Å²) in [4.78, 5) is 11.2. The SMILES string of the molecule is CN(CC1CCCCN1)c1nc2ccccc2nc1Cl. The van der Waals surface area contributed by atoms with E-state index in [9.17, 15) is 0 Å². The van der Waals surface area contributed by atoms with Gasteiger partial charge in [0, 0.05) is 19.6 Å². The minimum atomic E-state index is 0.474. The molecule has 1 N–H and O–H groups in total. The number of nitrogens with one attached hydrogen (secondary N) is 1. The zero-order chi connectivity index (χ0) is 13.9. The van der Waals surface area contributed by atoms with Crippen LogP contribution in [0.4, 0.5) is 5.82 Å². The van der Waals surface area contributed by atoms with E-state index >= 15 is 0 Å². The van der Waals surface area contributed by atoms with Gasteiger partial charge in [-0.15, -0.1) is 0 Å². The van der Waals surface area contributed by atoms with Gasteiger partial charge in [-0.25, -0.2) is 9.97 Å². The van der Waals surface area contributed by atoms with Crippen LogP contribution in [-0.2, 0) is 0 Å². The van der Waals surface area contributed by atoms with Crippen LogP contribution in [0, 0.1) is 0 Å². The van der Waals surface area contributed by atoms with Gasteiger partial charge in [0.15, 0.2) is 11.0 Å². The van der Waals surface area contributed by atoms with E-state index in [4.69, 9.17) is 11.6 Å². The third-order valence-corrected chi connectivity index (χ3v) is 4.03. The van der Waals surface area contributed by atoms with Crippen molar-refractivity contribution >= 4 is 28.5 Å². The topological polar surface area (TPSA) is 41.0 Å². The minimum Gasteiger partial charge on any atom is -0.356 e. The monoisotopic (exact) mass is 290 g/mol. The normalized spacial score (nSPS) is 19.2. The van der Waals surface area contributed by atoms with Gasteiger partial charge in [-0.2, -0.15) is 0 Å². The highest BCUT2D eigenvalue weighted by Gasteiger charge is 2.18. The Hall–Kier alpha value is -1.39. The molecule has 0 saturated carbocycles. The molecule has 1 aromatic carbocycles. The Labute approximate surface area is 124 Å². The van der Waals surface area contributed by atoms with Crippen molar-refractivity contribution in [3.63, 3.8) is 0 Å². The van der Waals surface area contributed by atoms with E-state index in [1.54, 1.807) is 0 Å². The number of hydrogen-bond acceptors (Lipinski definition) is 4. The molecule has 0 spiro atoms. The first-order valence-corrected chi connectivity index (χ1v) is 7.48. The van der Waals surface area contributed by atoms with Gasteiger partial charge in [0.2, 0.25) is 0 Å². The first-order chi connectivity index (χ1) is 9.74. The molecule has 2 heterocycles. The van der Waals surface area contributed by atoms with Crippen LogP contribution in [0.1, 0.15) is 19.3 Å². The zero-order valence-electron chi connectivity index (χ0n) is 11.6. The van der Waals surface area contributed by atoms with E-state index in [0.717, 1.165) is 29.9 Å². The number of likely N-dealkylation sites (N-methyl/N-ethyl adjacent to an activating group) is 1. The largest absolute Gasteiger partial charge is 0.356 e. The molecule has 20 heavy (non-hydrogen) atoms. The van der Waals surface area contributed by atoms with Gasteiger partial charge in [0.05, 0.1) is 11.0 Å². The molecule has 0 amide bonds. The summed E-state index contributed by atoms with van der Waals surface area (Å²) in [5, 5.41) is 4.02. The highest BCUT2D eigenvalue weighted by atomic mass is 35.5. The fourth-order valence-corrected chi connectivity index (χ4v) is 2.99. The van der Waals surface area contributed by atoms with Gasteiger partial charge < -0.3 is 10.2 Å². The van der Waals surface area contributed by atoms with Crippen LogP contribution in [-0.4, -0.2) is 36.1 Å². The van der Waals surface area contributed by atoms with E-state index in [1.165, 1.54) is 19.3 Å². The number of aromatic nitrogens is 2. The maximum Gasteiger partial charge on any atom is 0.172 e. The van der Waals surface area contributed by atoms with Gasteiger partial charge in [-0.05, 0) is 31.5 Å². The number of para-hydroxylation sites is 2. The molecule has 5 heteroatoms. The smallest absolute Gasteiger partial charge is 0.172 e. The van der Waals surface area contributed by atoms with E-state index in [2.05, 4.69) is 20.2 Å². The number of nitrogens with zero attached hydrogens (tertiary/aromatic N) is 3. The van der Waals surface area contributed by atoms with Gasteiger partial charge in [-0.3, -0.25) is 0 Å². The molecule has 0 radical (unpaired) electrons. The van der Waals surface area contributed by atoms with Gasteiger partial charge in [0.25, 0.3) is 0 Å². The lowest BCUT2D eigenvalue weighted by atomic mass is 10.0. The second kappa shape index (κ2) is 5.94. The fraction of sp³-hybridized carbons (Fsp3) is 0.467. The summed E-state index contributed by atoms with van der Waals surface area (Å²) in [6, 6.07) is 8.33. The van der Waals surface area contributed by atoms with Gasteiger partial charge >= 0.3 is 0 Å². The lowest BCUT2D eigenvalue weighted by Gasteiger charge is -2.29. The maximum absolute atomic E-state index is 6.28. The van der Waals surface area contributed by atoms with Crippen LogP contribution in [0.3, 0.4) is 0 Å². The Bertz CT molecular complexity index is 595. The van der Waals surface area contributed by atoms with E-state index < -0.39 is 0 Å². The van der Waals surface area contributed by atoms with Crippen molar-refractivity contribution in [2.75, 3.05) is 25.0 Å². The standard InChI is InChI=1S/C15H19ClN4/c1-20(10-11-6-4-5-9-17-11)15-14(16)18-12-7-2-3-8-13(12)19-15/h2-3,7-8,11,17H,4-6,9-10H2,1H3. The summed E-state index contributed by atoms with van der Waals surface area (Å²) in [6.45, 7) is 2.02. The molecule has 1 aliphatic heterocycles. The Morgan fingerprint density at radius 1 is 1.25 bits per heavy atom. The minimum absolute atomic E-state index is 0.474. The summed E-state index contributed by atoms with van der Waals surface area (Å²) in [5.74, 6) is 0.762. The summed E-state index contributed by atoms with van der Waals surface area (Å²) >= 11 is 6.28. The zero-order valence-corrected chi connectivity index (χ0v) is 12.4. The van der Waals surface area contributed by atoms with Crippen LogP contribution in [0.25, 0.3) is 11.0 Å². The van der Waals surface area contributed by atoms with E-state index in [-0.39, 0.29) is 0 Å². The molecule has 0 bridgehead atoms. The van der Waals surface area contributed by atoms with Crippen molar-refractivity contribution in [3.8, 4) is 0 Å². The maximum atomic E-state index is 6.28. The molecule has 3 rings (SSSR count). The molecule has 1 unspecified atom stereocenters. The lowest BCUT2D eigenvalue weighted by Crippen LogP contribution is -2.42. The highest BCUT2D eigenvalue weighted by Crippen LogP contribution is 2.24. The molecule has 1 saturated heterocycles. The second-order valence-corrected chi connectivity index (χ2v) is 5.71. The first kappa shape index (κ1) is 13.6. The number of hydrogen-bond donors (Lipinski definition) is 1. The summed E-state index contributed by atoms with van der Waals surface area (Å²) < 4.78 is 0. The van der Waals surface area contributed by atoms with Gasteiger partial charge in [0.1, 0.15) is 0 Å². The molecular weight excluding hydrogens is 272 g/mol. The molecule has 1 fully saturated rings. The summed E-state index contributed by atoms with van der Waals surface area (Å²) in [5.41, 5.74) is 1.72. The molecule has 106 valence electrons. The van der Waals surface area contributed by atoms with Crippen molar-refractivity contribution in [3.05, 3.63) is 29.4 Å². The number of piperidine rings is 1. The number of halogens is 1. The van der Waals surface area contributed by atoms with Crippen LogP contribution in [0.2, 0.25) is 5.15 Å². The Balaban J connectivity index is 1.82. The third-order valence-electron chi connectivity index (χ3n) is 3.78. The Kier molecular flexibility index (Phi) is 4.03. The molecule has 2 aromatic rings. The Morgan fingerprint density at radius 2 is 2.00 bits per heavy atom. The highest BCUT2D eigenvalue weighted by molar-refractivity contribution is 6.32. The number of benzene rings is 1. The molecule has 1 atom stereocenters. The van der Waals surface area contributed by atoms with Crippen molar-refractivity contribution < 1.29 is 0 Å².